The van der Waals surface area contributed by atoms with E-state index in [9.17, 15) is 0 Å². The molecule has 3 aromatic rings. The molecule has 0 amide bonds. The van der Waals surface area contributed by atoms with E-state index in [1.165, 1.54) is 6.33 Å². The molecule has 94 valence electrons. The van der Waals surface area contributed by atoms with Gasteiger partial charge in [0, 0.05) is 0 Å². The summed E-state index contributed by atoms with van der Waals surface area (Å²) in [7, 11) is 0. The Hall–Kier alpha value is -1.98. The fraction of sp³-hybridized carbons (Fsp3) is 0. The van der Waals surface area contributed by atoms with Crippen LogP contribution in [0.3, 0.4) is 0 Å². The number of aromatic amines is 1. The standard InChI is InChI=1S/C12H7Cl2N5/c13-9-8(7-4-2-1-3-5-7)10(14)18-12(17-9)11-15-6-16-19-11/h1-6H,(H,15,16,19). The third-order valence-corrected chi connectivity index (χ3v) is 3.06. The van der Waals surface area contributed by atoms with Gasteiger partial charge in [-0.2, -0.15) is 5.10 Å². The molecule has 5 nitrogen and oxygen atoms in total. The van der Waals surface area contributed by atoms with Crippen LogP contribution in [0.15, 0.2) is 36.7 Å². The number of hydrogen-bond acceptors (Lipinski definition) is 4. The predicted octanol–water partition coefficient (Wildman–Crippen LogP) is 3.24. The first-order valence-electron chi connectivity index (χ1n) is 5.40. The van der Waals surface area contributed by atoms with Crippen LogP contribution in [0.2, 0.25) is 10.3 Å². The summed E-state index contributed by atoms with van der Waals surface area (Å²) >= 11 is 12.4. The first kappa shape index (κ1) is 12.1. The molecule has 7 heteroatoms. The highest BCUT2D eigenvalue weighted by molar-refractivity contribution is 6.37. The van der Waals surface area contributed by atoms with Crippen molar-refractivity contribution < 1.29 is 0 Å². The van der Waals surface area contributed by atoms with Gasteiger partial charge in [0.1, 0.15) is 16.6 Å². The van der Waals surface area contributed by atoms with E-state index in [1.807, 2.05) is 30.3 Å². The maximum absolute atomic E-state index is 6.19. The van der Waals surface area contributed by atoms with Crippen molar-refractivity contribution in [2.24, 2.45) is 0 Å². The lowest BCUT2D eigenvalue weighted by molar-refractivity contribution is 1.06. The van der Waals surface area contributed by atoms with Crippen molar-refractivity contribution >= 4 is 23.2 Å². The Morgan fingerprint density at radius 1 is 0.947 bits per heavy atom. The van der Waals surface area contributed by atoms with Crippen molar-refractivity contribution in [1.82, 2.24) is 25.1 Å². The van der Waals surface area contributed by atoms with Crippen molar-refractivity contribution in [2.75, 3.05) is 0 Å². The number of aromatic nitrogens is 5. The highest BCUT2D eigenvalue weighted by Gasteiger charge is 2.15. The van der Waals surface area contributed by atoms with Gasteiger partial charge in [0.15, 0.2) is 11.6 Å². The second kappa shape index (κ2) is 4.95. The molecule has 0 atom stereocenters. The van der Waals surface area contributed by atoms with E-state index in [4.69, 9.17) is 23.2 Å². The molecule has 3 rings (SSSR count). The van der Waals surface area contributed by atoms with Crippen molar-refractivity contribution in [3.05, 3.63) is 47.0 Å². The largest absolute Gasteiger partial charge is 0.257 e. The number of nitrogens with zero attached hydrogens (tertiary/aromatic N) is 4. The SMILES string of the molecule is Clc1nc(-c2ncn[nH]2)nc(Cl)c1-c1ccccc1. The van der Waals surface area contributed by atoms with Crippen LogP contribution in [0.4, 0.5) is 0 Å². The highest BCUT2D eigenvalue weighted by atomic mass is 35.5. The Morgan fingerprint density at radius 3 is 2.21 bits per heavy atom. The fourth-order valence-corrected chi connectivity index (χ4v) is 2.28. The molecule has 0 saturated carbocycles. The molecule has 0 saturated heterocycles. The van der Waals surface area contributed by atoms with E-state index >= 15 is 0 Å². The predicted molar refractivity (Wildman–Crippen MR) is 72.9 cm³/mol. The Morgan fingerprint density at radius 2 is 1.63 bits per heavy atom. The van der Waals surface area contributed by atoms with Gasteiger partial charge < -0.3 is 0 Å². The molecule has 19 heavy (non-hydrogen) atoms. The fourth-order valence-electron chi connectivity index (χ4n) is 1.67. The quantitative estimate of drug-likeness (QED) is 0.736. The molecule has 0 fully saturated rings. The zero-order chi connectivity index (χ0) is 13.2. The van der Waals surface area contributed by atoms with Gasteiger partial charge in [-0.25, -0.2) is 15.0 Å². The lowest BCUT2D eigenvalue weighted by Crippen LogP contribution is -1.95. The van der Waals surface area contributed by atoms with Crippen LogP contribution >= 0.6 is 23.2 Å². The lowest BCUT2D eigenvalue weighted by Gasteiger charge is -2.07. The summed E-state index contributed by atoms with van der Waals surface area (Å²) in [6.45, 7) is 0. The van der Waals surface area contributed by atoms with Crippen molar-refractivity contribution in [3.8, 4) is 22.8 Å². The second-order valence-corrected chi connectivity index (χ2v) is 4.42. The molecule has 0 aliphatic rings. The normalized spacial score (nSPS) is 10.6. The number of H-pyrrole nitrogens is 1. The summed E-state index contributed by atoms with van der Waals surface area (Å²) in [6, 6.07) is 9.49. The molecule has 0 radical (unpaired) electrons. The van der Waals surface area contributed by atoms with Crippen LogP contribution in [-0.4, -0.2) is 25.1 Å². The van der Waals surface area contributed by atoms with Crippen LogP contribution in [0.5, 0.6) is 0 Å². The van der Waals surface area contributed by atoms with E-state index in [-0.39, 0.29) is 10.3 Å². The average Bonchev–Trinajstić information content (AvgIpc) is 2.93. The summed E-state index contributed by atoms with van der Waals surface area (Å²) in [5.41, 5.74) is 1.47. The van der Waals surface area contributed by atoms with Crippen molar-refractivity contribution in [1.29, 1.82) is 0 Å². The van der Waals surface area contributed by atoms with Gasteiger partial charge in [0.25, 0.3) is 0 Å². The molecule has 1 aromatic carbocycles. The zero-order valence-electron chi connectivity index (χ0n) is 9.51. The van der Waals surface area contributed by atoms with Crippen molar-refractivity contribution in [2.45, 2.75) is 0 Å². The van der Waals surface area contributed by atoms with Gasteiger partial charge in [-0.15, -0.1) is 0 Å². The van der Waals surface area contributed by atoms with Crippen LogP contribution in [-0.2, 0) is 0 Å². The first-order chi connectivity index (χ1) is 9.25. The van der Waals surface area contributed by atoms with Gasteiger partial charge in [0.2, 0.25) is 0 Å². The van der Waals surface area contributed by atoms with Gasteiger partial charge >= 0.3 is 0 Å². The summed E-state index contributed by atoms with van der Waals surface area (Å²) in [4.78, 5) is 12.3. The minimum absolute atomic E-state index is 0.276. The Labute approximate surface area is 118 Å². The van der Waals surface area contributed by atoms with Gasteiger partial charge in [-0.3, -0.25) is 5.10 Å². The van der Waals surface area contributed by atoms with Gasteiger partial charge in [0.05, 0.1) is 5.56 Å². The van der Waals surface area contributed by atoms with Crippen LogP contribution in [0.1, 0.15) is 0 Å². The second-order valence-electron chi connectivity index (χ2n) is 3.70. The van der Waals surface area contributed by atoms with E-state index in [0.29, 0.717) is 17.2 Å². The topological polar surface area (TPSA) is 67.3 Å². The van der Waals surface area contributed by atoms with Crippen molar-refractivity contribution in [3.63, 3.8) is 0 Å². The summed E-state index contributed by atoms with van der Waals surface area (Å²) < 4.78 is 0. The number of benzene rings is 1. The number of nitrogens with one attached hydrogen (secondary N) is 1. The molecule has 2 heterocycles. The van der Waals surface area contributed by atoms with E-state index in [0.717, 1.165) is 5.56 Å². The third-order valence-electron chi connectivity index (χ3n) is 2.51. The van der Waals surface area contributed by atoms with Gasteiger partial charge in [-0.1, -0.05) is 53.5 Å². The van der Waals surface area contributed by atoms with E-state index in [1.54, 1.807) is 0 Å². The molecular weight excluding hydrogens is 285 g/mol. The summed E-state index contributed by atoms with van der Waals surface area (Å²) in [6.07, 6.45) is 1.37. The maximum Gasteiger partial charge on any atom is 0.200 e. The zero-order valence-corrected chi connectivity index (χ0v) is 11.0. The van der Waals surface area contributed by atoms with E-state index < -0.39 is 0 Å². The van der Waals surface area contributed by atoms with Crippen LogP contribution in [0, 0.1) is 0 Å². The monoisotopic (exact) mass is 291 g/mol. The average molecular weight is 292 g/mol. The smallest absolute Gasteiger partial charge is 0.200 e. The minimum Gasteiger partial charge on any atom is -0.257 e. The third kappa shape index (κ3) is 2.30. The summed E-state index contributed by atoms with van der Waals surface area (Å²) in [5.74, 6) is 0.732. The molecule has 0 unspecified atom stereocenters. The number of halogens is 2. The number of hydrogen-bond donors (Lipinski definition) is 1. The van der Waals surface area contributed by atoms with Crippen LogP contribution < -0.4 is 0 Å². The Kier molecular flexibility index (Phi) is 3.15. The first-order valence-corrected chi connectivity index (χ1v) is 6.15. The molecule has 0 bridgehead atoms. The molecule has 2 aromatic heterocycles. The molecule has 0 spiro atoms. The maximum atomic E-state index is 6.19. The van der Waals surface area contributed by atoms with Gasteiger partial charge in [-0.05, 0) is 5.56 Å². The van der Waals surface area contributed by atoms with E-state index in [2.05, 4.69) is 25.1 Å². The Bertz CT molecular complexity index is 674. The molecule has 0 aliphatic carbocycles. The highest BCUT2D eigenvalue weighted by Crippen LogP contribution is 2.33. The minimum atomic E-state index is 0.276. The molecule has 1 N–H and O–H groups in total. The summed E-state index contributed by atoms with van der Waals surface area (Å²) in [5, 5.41) is 6.95. The number of rotatable bonds is 2. The Balaban J connectivity index is 2.14. The lowest BCUT2D eigenvalue weighted by atomic mass is 10.1. The molecule has 0 aliphatic heterocycles. The van der Waals surface area contributed by atoms with Crippen LogP contribution in [0.25, 0.3) is 22.8 Å². The molecular formula is C12H7Cl2N5.